The molecule has 5 heteroatoms. The summed E-state index contributed by atoms with van der Waals surface area (Å²) in [5.41, 5.74) is -0.266. The zero-order valence-electron chi connectivity index (χ0n) is 4.38. The van der Waals surface area contributed by atoms with E-state index < -0.39 is 0 Å². The second-order valence-corrected chi connectivity index (χ2v) is 1.74. The molecular formula is C4H5ClN2OS. The highest BCUT2D eigenvalue weighted by atomic mass is 35.5. The highest BCUT2D eigenvalue weighted by Crippen LogP contribution is 1.72. The molecule has 0 aromatic carbocycles. The van der Waals surface area contributed by atoms with Crippen molar-refractivity contribution in [1.29, 1.82) is 0 Å². The Bertz CT molecular complexity index is 253. The Kier molecular flexibility index (Phi) is 3.19. The Morgan fingerprint density at radius 2 is 2.22 bits per heavy atom. The molecule has 0 amide bonds. The molecule has 1 heterocycles. The average molecular weight is 165 g/mol. The van der Waals surface area contributed by atoms with E-state index in [1.54, 1.807) is 6.07 Å². The van der Waals surface area contributed by atoms with Gasteiger partial charge in [0.1, 0.15) is 4.64 Å². The molecule has 0 radical (unpaired) electrons. The number of H-pyrrole nitrogens is 2. The van der Waals surface area contributed by atoms with Crippen LogP contribution >= 0.6 is 24.6 Å². The smallest absolute Gasteiger partial charge is 0.314 e. The lowest BCUT2D eigenvalue weighted by molar-refractivity contribution is 1.06. The Balaban J connectivity index is 0.000000640. The molecule has 1 aromatic rings. The third-order valence-corrected chi connectivity index (χ3v) is 0.924. The van der Waals surface area contributed by atoms with Crippen molar-refractivity contribution in [3.63, 3.8) is 0 Å². The minimum absolute atomic E-state index is 0. The van der Waals surface area contributed by atoms with Gasteiger partial charge in [-0.05, 0) is 6.07 Å². The van der Waals surface area contributed by atoms with Gasteiger partial charge >= 0.3 is 5.69 Å². The van der Waals surface area contributed by atoms with Gasteiger partial charge in [-0.3, -0.25) is 4.98 Å². The quantitative estimate of drug-likeness (QED) is 0.559. The molecule has 0 saturated heterocycles. The zero-order valence-corrected chi connectivity index (χ0v) is 6.01. The summed E-state index contributed by atoms with van der Waals surface area (Å²) < 4.78 is 0.453. The predicted octanol–water partition coefficient (Wildman–Crippen LogP) is 0.854. The molecule has 0 fully saturated rings. The maximum absolute atomic E-state index is 10.3. The molecule has 1 aromatic heterocycles. The predicted molar refractivity (Wildman–Crippen MR) is 39.5 cm³/mol. The third kappa shape index (κ3) is 2.43. The first-order chi connectivity index (χ1) is 3.79. The summed E-state index contributed by atoms with van der Waals surface area (Å²) in [6.07, 6.45) is 1.50. The fourth-order valence-electron chi connectivity index (χ4n) is 0.383. The van der Waals surface area contributed by atoms with Gasteiger partial charge in [0.15, 0.2) is 0 Å². The van der Waals surface area contributed by atoms with Crippen molar-refractivity contribution in [1.82, 2.24) is 9.97 Å². The summed E-state index contributed by atoms with van der Waals surface area (Å²) in [6.45, 7) is 0. The van der Waals surface area contributed by atoms with E-state index in [4.69, 9.17) is 0 Å². The van der Waals surface area contributed by atoms with E-state index in [1.807, 2.05) is 0 Å². The summed E-state index contributed by atoms with van der Waals surface area (Å²) in [5.74, 6) is 0. The van der Waals surface area contributed by atoms with Crippen LogP contribution in [0.4, 0.5) is 0 Å². The molecule has 0 aliphatic heterocycles. The van der Waals surface area contributed by atoms with E-state index in [-0.39, 0.29) is 18.1 Å². The van der Waals surface area contributed by atoms with Gasteiger partial charge in [0.2, 0.25) is 0 Å². The van der Waals surface area contributed by atoms with Crippen molar-refractivity contribution in [2.75, 3.05) is 0 Å². The number of rotatable bonds is 0. The van der Waals surface area contributed by atoms with E-state index in [9.17, 15) is 4.79 Å². The van der Waals surface area contributed by atoms with Gasteiger partial charge in [0, 0.05) is 6.20 Å². The molecular weight excluding hydrogens is 160 g/mol. The lowest BCUT2D eigenvalue weighted by Gasteiger charge is -1.78. The van der Waals surface area contributed by atoms with Gasteiger partial charge in [-0.15, -0.1) is 12.4 Å². The fourth-order valence-corrected chi connectivity index (χ4v) is 0.543. The molecule has 50 valence electrons. The van der Waals surface area contributed by atoms with Crippen molar-refractivity contribution in [3.8, 4) is 0 Å². The fraction of sp³-hybridized carbons (Fsp3) is 0. The van der Waals surface area contributed by atoms with Crippen LogP contribution in [-0.4, -0.2) is 9.97 Å². The second kappa shape index (κ2) is 3.42. The molecule has 0 spiro atoms. The van der Waals surface area contributed by atoms with Gasteiger partial charge < -0.3 is 4.98 Å². The summed E-state index contributed by atoms with van der Waals surface area (Å²) in [5, 5.41) is 0. The summed E-state index contributed by atoms with van der Waals surface area (Å²) >= 11 is 4.62. The molecule has 0 aliphatic carbocycles. The molecule has 0 bridgehead atoms. The Morgan fingerprint density at radius 1 is 1.56 bits per heavy atom. The number of aromatic nitrogens is 2. The summed E-state index contributed by atoms with van der Waals surface area (Å²) in [7, 11) is 0. The third-order valence-electron chi connectivity index (χ3n) is 0.686. The maximum atomic E-state index is 10.3. The van der Waals surface area contributed by atoms with E-state index in [0.29, 0.717) is 4.64 Å². The van der Waals surface area contributed by atoms with Gasteiger partial charge in [0.05, 0.1) is 0 Å². The first-order valence-electron chi connectivity index (χ1n) is 2.07. The number of nitrogens with one attached hydrogen (secondary N) is 2. The highest BCUT2D eigenvalue weighted by Gasteiger charge is 1.74. The van der Waals surface area contributed by atoms with Crippen molar-refractivity contribution in [2.45, 2.75) is 0 Å². The summed E-state index contributed by atoms with van der Waals surface area (Å²) in [4.78, 5) is 15.1. The molecule has 0 saturated carbocycles. The van der Waals surface area contributed by atoms with Crippen LogP contribution in [-0.2, 0) is 0 Å². The summed E-state index contributed by atoms with van der Waals surface area (Å²) in [6, 6.07) is 1.61. The SMILES string of the molecule is Cl.O=c1[nH]ccc(=S)[nH]1. The number of halogens is 1. The van der Waals surface area contributed by atoms with Crippen LogP contribution in [0.5, 0.6) is 0 Å². The molecule has 2 N–H and O–H groups in total. The van der Waals surface area contributed by atoms with Crippen molar-refractivity contribution >= 4 is 24.6 Å². The van der Waals surface area contributed by atoms with Gasteiger partial charge in [-0.25, -0.2) is 4.79 Å². The van der Waals surface area contributed by atoms with E-state index in [0.717, 1.165) is 0 Å². The van der Waals surface area contributed by atoms with Crippen LogP contribution in [0.2, 0.25) is 0 Å². The van der Waals surface area contributed by atoms with Crippen LogP contribution in [0.25, 0.3) is 0 Å². The standard InChI is InChI=1S/C4H4N2OS.ClH/c7-4-5-2-1-3(8)6-4;/h1-2H,(H2,5,6,7,8);1H. The van der Waals surface area contributed by atoms with Gasteiger partial charge in [0.25, 0.3) is 0 Å². The number of hydrogen-bond donors (Lipinski definition) is 2. The molecule has 3 nitrogen and oxygen atoms in total. The van der Waals surface area contributed by atoms with Crippen LogP contribution in [0.3, 0.4) is 0 Å². The van der Waals surface area contributed by atoms with Crippen molar-refractivity contribution in [3.05, 3.63) is 27.4 Å². The molecule has 1 rings (SSSR count). The van der Waals surface area contributed by atoms with Crippen LogP contribution in [0, 0.1) is 4.64 Å². The normalized spacial score (nSPS) is 8.00. The molecule has 0 atom stereocenters. The van der Waals surface area contributed by atoms with E-state index >= 15 is 0 Å². The minimum Gasteiger partial charge on any atom is -0.314 e. The molecule has 9 heavy (non-hydrogen) atoms. The lowest BCUT2D eigenvalue weighted by Crippen LogP contribution is -2.07. The van der Waals surface area contributed by atoms with Crippen molar-refractivity contribution in [2.24, 2.45) is 0 Å². The Labute approximate surface area is 62.5 Å². The topological polar surface area (TPSA) is 48.6 Å². The first kappa shape index (κ1) is 8.39. The van der Waals surface area contributed by atoms with Crippen LogP contribution < -0.4 is 5.69 Å². The largest absolute Gasteiger partial charge is 0.323 e. The lowest BCUT2D eigenvalue weighted by atomic mass is 10.7. The second-order valence-electron chi connectivity index (χ2n) is 1.30. The first-order valence-corrected chi connectivity index (χ1v) is 2.48. The molecule has 0 unspecified atom stereocenters. The number of hydrogen-bond acceptors (Lipinski definition) is 2. The van der Waals surface area contributed by atoms with Crippen LogP contribution in [0.1, 0.15) is 0 Å². The highest BCUT2D eigenvalue weighted by molar-refractivity contribution is 7.71. The van der Waals surface area contributed by atoms with Crippen molar-refractivity contribution < 1.29 is 0 Å². The van der Waals surface area contributed by atoms with Crippen LogP contribution in [0.15, 0.2) is 17.1 Å². The Morgan fingerprint density at radius 3 is 2.56 bits per heavy atom. The zero-order chi connectivity index (χ0) is 5.98. The van der Waals surface area contributed by atoms with E-state index in [1.165, 1.54) is 6.20 Å². The minimum atomic E-state index is -0.266. The number of aromatic amines is 2. The Hall–Kier alpha value is -0.610. The van der Waals surface area contributed by atoms with Gasteiger partial charge in [-0.1, -0.05) is 12.2 Å². The molecule has 0 aliphatic rings. The van der Waals surface area contributed by atoms with Gasteiger partial charge in [-0.2, -0.15) is 0 Å². The average Bonchev–Trinajstić information content (AvgIpc) is 1.64. The monoisotopic (exact) mass is 164 g/mol. The van der Waals surface area contributed by atoms with E-state index in [2.05, 4.69) is 22.2 Å². The maximum Gasteiger partial charge on any atom is 0.323 e.